The van der Waals surface area contributed by atoms with Crippen LogP contribution in [0.3, 0.4) is 0 Å². The summed E-state index contributed by atoms with van der Waals surface area (Å²) < 4.78 is 4.68. The third-order valence-corrected chi connectivity index (χ3v) is 4.76. The lowest BCUT2D eigenvalue weighted by atomic mass is 10.1. The summed E-state index contributed by atoms with van der Waals surface area (Å²) in [5.41, 5.74) is 8.51. The van der Waals surface area contributed by atoms with Crippen LogP contribution in [0.15, 0.2) is 48.8 Å². The lowest BCUT2D eigenvalue weighted by molar-refractivity contribution is -0.126. The van der Waals surface area contributed by atoms with Gasteiger partial charge in [-0.25, -0.2) is 9.78 Å². The van der Waals surface area contributed by atoms with Gasteiger partial charge in [0, 0.05) is 36.4 Å². The second-order valence-electron chi connectivity index (χ2n) is 6.44. The van der Waals surface area contributed by atoms with Crippen molar-refractivity contribution in [3.05, 3.63) is 65.5 Å². The molecule has 2 aromatic heterocycles. The van der Waals surface area contributed by atoms with Crippen LogP contribution >= 0.6 is 0 Å². The summed E-state index contributed by atoms with van der Waals surface area (Å²) in [5.74, 6) is -0.661. The molecule has 3 N–H and O–H groups in total. The number of pyridine rings is 1. The number of nitrogens with zero attached hydrogens (tertiary/aromatic N) is 2. The Morgan fingerprint density at radius 3 is 2.82 bits per heavy atom. The van der Waals surface area contributed by atoms with E-state index in [1.165, 1.54) is 19.4 Å². The molecule has 3 aromatic rings. The number of methoxy groups -OCH3 is 1. The molecule has 28 heavy (non-hydrogen) atoms. The van der Waals surface area contributed by atoms with E-state index >= 15 is 0 Å². The maximum atomic E-state index is 12.6. The second-order valence-corrected chi connectivity index (χ2v) is 6.44. The van der Waals surface area contributed by atoms with Crippen LogP contribution in [-0.2, 0) is 9.53 Å². The van der Waals surface area contributed by atoms with E-state index in [9.17, 15) is 9.59 Å². The first-order valence-corrected chi connectivity index (χ1v) is 8.77. The third kappa shape index (κ3) is 3.73. The SMILES string of the molecule is COC(=O)c1cc(/C=C/C(=O)N(C)C(C)c2c[nH]c3ccccc23)cnc1N. The molecule has 0 bridgehead atoms. The fraction of sp³-hybridized carbons (Fsp3) is 0.190. The van der Waals surface area contributed by atoms with Crippen LogP contribution in [0.4, 0.5) is 5.82 Å². The van der Waals surface area contributed by atoms with E-state index in [0.717, 1.165) is 16.5 Å². The third-order valence-electron chi connectivity index (χ3n) is 4.76. The number of ether oxygens (including phenoxy) is 1. The second kappa shape index (κ2) is 7.96. The number of anilines is 1. The Morgan fingerprint density at radius 1 is 1.32 bits per heavy atom. The van der Waals surface area contributed by atoms with Crippen molar-refractivity contribution in [2.75, 3.05) is 19.9 Å². The summed E-state index contributed by atoms with van der Waals surface area (Å²) >= 11 is 0. The number of carbonyl (C=O) groups excluding carboxylic acids is 2. The van der Waals surface area contributed by atoms with E-state index < -0.39 is 5.97 Å². The number of nitrogens with one attached hydrogen (secondary N) is 1. The van der Waals surface area contributed by atoms with Crippen molar-refractivity contribution >= 4 is 34.7 Å². The Kier molecular flexibility index (Phi) is 5.44. The van der Waals surface area contributed by atoms with Crippen LogP contribution in [0, 0.1) is 0 Å². The van der Waals surface area contributed by atoms with Crippen LogP contribution in [0.5, 0.6) is 0 Å². The number of aromatic amines is 1. The number of carbonyl (C=O) groups is 2. The molecule has 7 nitrogen and oxygen atoms in total. The zero-order valence-corrected chi connectivity index (χ0v) is 16.0. The van der Waals surface area contributed by atoms with Crippen LogP contribution < -0.4 is 5.73 Å². The molecule has 0 aliphatic heterocycles. The molecule has 0 fully saturated rings. The first kappa shape index (κ1) is 19.2. The summed E-state index contributed by atoms with van der Waals surface area (Å²) in [7, 11) is 3.02. The molecule has 0 saturated carbocycles. The quantitative estimate of drug-likeness (QED) is 0.524. The molecule has 1 aromatic carbocycles. The number of H-pyrrole nitrogens is 1. The van der Waals surface area contributed by atoms with Gasteiger partial charge in [0.25, 0.3) is 0 Å². The zero-order chi connectivity index (χ0) is 20.3. The normalized spacial score (nSPS) is 12.2. The smallest absolute Gasteiger partial charge is 0.341 e. The van der Waals surface area contributed by atoms with Crippen LogP contribution in [0.2, 0.25) is 0 Å². The van der Waals surface area contributed by atoms with Gasteiger partial charge in [-0.1, -0.05) is 18.2 Å². The van der Waals surface area contributed by atoms with Crippen LogP contribution in [0.1, 0.15) is 34.5 Å². The van der Waals surface area contributed by atoms with Gasteiger partial charge in [0.1, 0.15) is 11.4 Å². The Labute approximate surface area is 162 Å². The monoisotopic (exact) mass is 378 g/mol. The summed E-state index contributed by atoms with van der Waals surface area (Å²) in [6, 6.07) is 9.39. The van der Waals surface area contributed by atoms with E-state index in [2.05, 4.69) is 14.7 Å². The molecule has 0 aliphatic carbocycles. The van der Waals surface area contributed by atoms with Gasteiger partial charge >= 0.3 is 5.97 Å². The number of amides is 1. The Morgan fingerprint density at radius 2 is 2.07 bits per heavy atom. The number of hydrogen-bond donors (Lipinski definition) is 2. The molecule has 1 atom stereocenters. The number of aromatic nitrogens is 2. The largest absolute Gasteiger partial charge is 0.465 e. The van der Waals surface area contributed by atoms with E-state index in [1.807, 2.05) is 37.4 Å². The molecule has 2 heterocycles. The molecule has 0 radical (unpaired) electrons. The van der Waals surface area contributed by atoms with E-state index in [1.54, 1.807) is 24.1 Å². The minimum atomic E-state index is -0.573. The Balaban J connectivity index is 1.78. The predicted molar refractivity (Wildman–Crippen MR) is 109 cm³/mol. The zero-order valence-electron chi connectivity index (χ0n) is 16.0. The minimum Gasteiger partial charge on any atom is -0.465 e. The fourth-order valence-corrected chi connectivity index (χ4v) is 2.98. The summed E-state index contributed by atoms with van der Waals surface area (Å²) in [4.78, 5) is 33.2. The van der Waals surface area contributed by atoms with Gasteiger partial charge in [-0.05, 0) is 36.3 Å². The number of hydrogen-bond acceptors (Lipinski definition) is 5. The average molecular weight is 378 g/mol. The van der Waals surface area contributed by atoms with Crippen molar-refractivity contribution < 1.29 is 14.3 Å². The molecule has 1 amide bonds. The first-order chi connectivity index (χ1) is 13.4. The highest BCUT2D eigenvalue weighted by atomic mass is 16.5. The average Bonchev–Trinajstić information content (AvgIpc) is 3.15. The number of rotatable bonds is 5. The van der Waals surface area contributed by atoms with E-state index in [0.29, 0.717) is 5.56 Å². The van der Waals surface area contributed by atoms with Gasteiger partial charge in [-0.2, -0.15) is 0 Å². The van der Waals surface area contributed by atoms with Gasteiger partial charge in [0.2, 0.25) is 5.91 Å². The van der Waals surface area contributed by atoms with Crippen molar-refractivity contribution in [3.8, 4) is 0 Å². The van der Waals surface area contributed by atoms with E-state index in [-0.39, 0.29) is 23.3 Å². The van der Waals surface area contributed by atoms with Gasteiger partial charge < -0.3 is 20.4 Å². The van der Waals surface area contributed by atoms with Crippen LogP contribution in [-0.4, -0.2) is 40.9 Å². The summed E-state index contributed by atoms with van der Waals surface area (Å²) in [6.45, 7) is 1.97. The maximum absolute atomic E-state index is 12.6. The van der Waals surface area contributed by atoms with Gasteiger partial charge in [-0.15, -0.1) is 0 Å². The van der Waals surface area contributed by atoms with Gasteiger partial charge in [0.05, 0.1) is 13.2 Å². The predicted octanol–water partition coefficient (Wildman–Crippen LogP) is 3.16. The molecule has 7 heteroatoms. The standard InChI is InChI=1S/C21H22N4O3/c1-13(17-12-23-18-7-5-4-6-15(17)18)25(2)19(26)9-8-14-10-16(21(27)28-3)20(22)24-11-14/h4-13,23H,1-3H3,(H2,22,24)/b9-8+. The van der Waals surface area contributed by atoms with Gasteiger partial charge in [0.15, 0.2) is 0 Å². The highest BCUT2D eigenvalue weighted by molar-refractivity contribution is 5.96. The molecule has 3 rings (SSSR count). The molecule has 0 spiro atoms. The first-order valence-electron chi connectivity index (χ1n) is 8.77. The van der Waals surface area contributed by atoms with Crippen LogP contribution in [0.25, 0.3) is 17.0 Å². The number of nitrogen functional groups attached to an aromatic ring is 1. The van der Waals surface area contributed by atoms with Crippen molar-refractivity contribution in [2.45, 2.75) is 13.0 Å². The van der Waals surface area contributed by atoms with E-state index in [4.69, 9.17) is 5.73 Å². The van der Waals surface area contributed by atoms with Crippen molar-refractivity contribution in [2.24, 2.45) is 0 Å². The van der Waals surface area contributed by atoms with Crippen molar-refractivity contribution in [3.63, 3.8) is 0 Å². The molecular weight excluding hydrogens is 356 g/mol. The number of likely N-dealkylation sites (N-methyl/N-ethyl adjacent to an activating group) is 1. The number of esters is 1. The highest BCUT2D eigenvalue weighted by Gasteiger charge is 2.18. The fourth-order valence-electron chi connectivity index (χ4n) is 2.98. The minimum absolute atomic E-state index is 0.0837. The Hall–Kier alpha value is -3.61. The molecule has 0 aliphatic rings. The highest BCUT2D eigenvalue weighted by Crippen LogP contribution is 2.27. The van der Waals surface area contributed by atoms with Gasteiger partial charge in [-0.3, -0.25) is 4.79 Å². The van der Waals surface area contributed by atoms with Crippen molar-refractivity contribution in [1.82, 2.24) is 14.9 Å². The maximum Gasteiger partial charge on any atom is 0.341 e. The lowest BCUT2D eigenvalue weighted by Gasteiger charge is -2.23. The topological polar surface area (TPSA) is 101 Å². The number of benzene rings is 1. The summed E-state index contributed by atoms with van der Waals surface area (Å²) in [5, 5.41) is 1.09. The molecule has 144 valence electrons. The number of para-hydroxylation sites is 1. The lowest BCUT2D eigenvalue weighted by Crippen LogP contribution is -2.27. The molecule has 1 unspecified atom stereocenters. The molecule has 0 saturated heterocycles. The van der Waals surface area contributed by atoms with Crippen molar-refractivity contribution in [1.29, 1.82) is 0 Å². The summed E-state index contributed by atoms with van der Waals surface area (Å²) in [6.07, 6.45) is 6.46. The Bertz CT molecular complexity index is 1050. The number of fused-ring (bicyclic) bond motifs is 1. The molecular formula is C21H22N4O3. The number of nitrogens with two attached hydrogens (primary N) is 1.